The maximum atomic E-state index is 12.2. The monoisotopic (exact) mass is 327 g/mol. The van der Waals surface area contributed by atoms with Crippen LogP contribution in [0.5, 0.6) is 5.75 Å². The van der Waals surface area contributed by atoms with Crippen LogP contribution in [0, 0.1) is 5.92 Å². The first-order valence-corrected chi connectivity index (χ1v) is 8.69. The van der Waals surface area contributed by atoms with Crippen LogP contribution in [0.3, 0.4) is 0 Å². The first-order valence-electron chi connectivity index (χ1n) is 8.69. The first kappa shape index (κ1) is 16.8. The fourth-order valence-corrected chi connectivity index (χ4v) is 3.53. The summed E-state index contributed by atoms with van der Waals surface area (Å²) < 4.78 is 5.42. The number of hydrogen-bond donors (Lipinski definition) is 2. The Kier molecular flexibility index (Phi) is 5.36. The summed E-state index contributed by atoms with van der Waals surface area (Å²) >= 11 is 0. The van der Waals surface area contributed by atoms with Gasteiger partial charge in [-0.05, 0) is 49.1 Å². The van der Waals surface area contributed by atoms with Crippen LogP contribution in [-0.2, 0) is 11.2 Å². The van der Waals surface area contributed by atoms with Crippen molar-refractivity contribution in [1.82, 2.24) is 5.32 Å². The highest BCUT2D eigenvalue weighted by Crippen LogP contribution is 2.28. The van der Waals surface area contributed by atoms with Gasteiger partial charge in [0, 0.05) is 17.8 Å². The van der Waals surface area contributed by atoms with Gasteiger partial charge >= 0.3 is 0 Å². The largest absolute Gasteiger partial charge is 0.496 e. The lowest BCUT2D eigenvalue weighted by Crippen LogP contribution is -2.35. The summed E-state index contributed by atoms with van der Waals surface area (Å²) in [6, 6.07) is 12.2. The van der Waals surface area contributed by atoms with E-state index in [2.05, 4.69) is 23.5 Å². The van der Waals surface area contributed by atoms with E-state index in [0.717, 1.165) is 43.2 Å². The molecule has 0 heterocycles. The van der Waals surface area contributed by atoms with Gasteiger partial charge in [0.2, 0.25) is 5.91 Å². The maximum absolute atomic E-state index is 12.2. The van der Waals surface area contributed by atoms with E-state index in [4.69, 9.17) is 4.74 Å². The van der Waals surface area contributed by atoms with E-state index in [1.807, 2.05) is 18.2 Å². The molecule has 0 aliphatic heterocycles. The van der Waals surface area contributed by atoms with Gasteiger partial charge in [-0.3, -0.25) is 4.79 Å². The van der Waals surface area contributed by atoms with Crippen molar-refractivity contribution in [2.75, 3.05) is 13.7 Å². The summed E-state index contributed by atoms with van der Waals surface area (Å²) in [4.78, 5) is 12.2. The summed E-state index contributed by atoms with van der Waals surface area (Å²) in [6.45, 7) is 0.633. The SMILES string of the molecule is COc1ccc(CCNC(=O)C2CCC(O)CC2)c2ccccc12. The topological polar surface area (TPSA) is 58.6 Å². The summed E-state index contributed by atoms with van der Waals surface area (Å²) in [5.74, 6) is 1.06. The minimum atomic E-state index is -0.222. The molecule has 1 aliphatic carbocycles. The second kappa shape index (κ2) is 7.67. The molecule has 0 radical (unpaired) electrons. The third-order valence-electron chi connectivity index (χ3n) is 4.96. The van der Waals surface area contributed by atoms with Crippen LogP contribution < -0.4 is 10.1 Å². The molecule has 1 amide bonds. The number of amides is 1. The molecule has 2 aromatic rings. The minimum Gasteiger partial charge on any atom is -0.496 e. The zero-order chi connectivity index (χ0) is 16.9. The van der Waals surface area contributed by atoms with Crippen molar-refractivity contribution in [3.8, 4) is 5.75 Å². The van der Waals surface area contributed by atoms with Gasteiger partial charge in [-0.1, -0.05) is 30.3 Å². The molecule has 2 N–H and O–H groups in total. The van der Waals surface area contributed by atoms with Crippen LogP contribution in [0.15, 0.2) is 36.4 Å². The molecule has 0 unspecified atom stereocenters. The maximum Gasteiger partial charge on any atom is 0.223 e. The number of carbonyl (C=O) groups excluding carboxylic acids is 1. The zero-order valence-electron chi connectivity index (χ0n) is 14.1. The predicted octanol–water partition coefficient (Wildman–Crippen LogP) is 3.06. The second-order valence-electron chi connectivity index (χ2n) is 6.52. The molecule has 128 valence electrons. The number of aliphatic hydroxyl groups is 1. The van der Waals surface area contributed by atoms with Gasteiger partial charge in [0.25, 0.3) is 0 Å². The van der Waals surface area contributed by atoms with Gasteiger partial charge in [0.05, 0.1) is 13.2 Å². The average Bonchev–Trinajstić information content (AvgIpc) is 2.62. The van der Waals surface area contributed by atoms with Gasteiger partial charge in [-0.25, -0.2) is 0 Å². The molecule has 2 aromatic carbocycles. The first-order chi connectivity index (χ1) is 11.7. The lowest BCUT2D eigenvalue weighted by molar-refractivity contribution is -0.126. The Balaban J connectivity index is 1.61. The van der Waals surface area contributed by atoms with Gasteiger partial charge < -0.3 is 15.2 Å². The van der Waals surface area contributed by atoms with Crippen LogP contribution >= 0.6 is 0 Å². The number of aliphatic hydroxyl groups excluding tert-OH is 1. The summed E-state index contributed by atoms with van der Waals surface area (Å²) in [5, 5.41) is 14.9. The Hall–Kier alpha value is -2.07. The molecule has 4 heteroatoms. The molecule has 1 saturated carbocycles. The number of methoxy groups -OCH3 is 1. The van der Waals surface area contributed by atoms with E-state index in [1.165, 1.54) is 10.9 Å². The third-order valence-corrected chi connectivity index (χ3v) is 4.96. The highest BCUT2D eigenvalue weighted by Gasteiger charge is 2.24. The normalized spacial score (nSPS) is 20.8. The molecule has 0 aromatic heterocycles. The van der Waals surface area contributed by atoms with Crippen LogP contribution in [0.25, 0.3) is 10.8 Å². The van der Waals surface area contributed by atoms with E-state index in [1.54, 1.807) is 7.11 Å². The highest BCUT2D eigenvalue weighted by molar-refractivity contribution is 5.91. The van der Waals surface area contributed by atoms with Crippen molar-refractivity contribution in [1.29, 1.82) is 0 Å². The molecule has 0 atom stereocenters. The van der Waals surface area contributed by atoms with Gasteiger partial charge in [-0.2, -0.15) is 0 Å². The number of carbonyl (C=O) groups is 1. The molecular formula is C20H25NO3. The van der Waals surface area contributed by atoms with Gasteiger partial charge in [0.15, 0.2) is 0 Å². The number of fused-ring (bicyclic) bond motifs is 1. The Bertz CT molecular complexity index is 705. The molecule has 0 saturated heterocycles. The lowest BCUT2D eigenvalue weighted by Gasteiger charge is -2.24. The molecule has 0 bridgehead atoms. The zero-order valence-corrected chi connectivity index (χ0v) is 14.1. The number of benzene rings is 2. The third kappa shape index (κ3) is 3.70. The number of ether oxygens (including phenoxy) is 1. The molecular weight excluding hydrogens is 302 g/mol. The van der Waals surface area contributed by atoms with Crippen molar-refractivity contribution >= 4 is 16.7 Å². The predicted molar refractivity (Wildman–Crippen MR) is 95.2 cm³/mol. The Labute approximate surface area is 142 Å². The van der Waals surface area contributed by atoms with Crippen LogP contribution in [0.2, 0.25) is 0 Å². The summed E-state index contributed by atoms with van der Waals surface area (Å²) in [5.41, 5.74) is 1.21. The van der Waals surface area contributed by atoms with Crippen molar-refractivity contribution in [2.45, 2.75) is 38.2 Å². The van der Waals surface area contributed by atoms with Crippen molar-refractivity contribution in [2.24, 2.45) is 5.92 Å². The second-order valence-corrected chi connectivity index (χ2v) is 6.52. The molecule has 3 rings (SSSR count). The van der Waals surface area contributed by atoms with Crippen LogP contribution in [0.1, 0.15) is 31.2 Å². The van der Waals surface area contributed by atoms with Crippen LogP contribution in [-0.4, -0.2) is 30.8 Å². The quantitative estimate of drug-likeness (QED) is 0.887. The lowest BCUT2D eigenvalue weighted by atomic mass is 9.87. The number of nitrogens with one attached hydrogen (secondary N) is 1. The number of hydrogen-bond acceptors (Lipinski definition) is 3. The Morgan fingerprint density at radius 2 is 1.83 bits per heavy atom. The molecule has 4 nitrogen and oxygen atoms in total. The number of rotatable bonds is 5. The fourth-order valence-electron chi connectivity index (χ4n) is 3.53. The molecule has 1 aliphatic rings. The van der Waals surface area contributed by atoms with E-state index in [0.29, 0.717) is 6.54 Å². The highest BCUT2D eigenvalue weighted by atomic mass is 16.5. The smallest absolute Gasteiger partial charge is 0.223 e. The standard InChI is InChI=1S/C20H25NO3/c1-24-19-11-8-14(17-4-2-3-5-18(17)19)12-13-21-20(23)15-6-9-16(22)10-7-15/h2-5,8,11,15-16,22H,6-7,9-10,12-13H2,1H3,(H,21,23). The minimum absolute atomic E-state index is 0.0565. The Morgan fingerprint density at radius 3 is 2.54 bits per heavy atom. The molecule has 0 spiro atoms. The summed E-state index contributed by atoms with van der Waals surface area (Å²) in [6.07, 6.45) is 3.63. The van der Waals surface area contributed by atoms with Gasteiger partial charge in [-0.15, -0.1) is 0 Å². The van der Waals surface area contributed by atoms with Gasteiger partial charge in [0.1, 0.15) is 5.75 Å². The fraction of sp³-hybridized carbons (Fsp3) is 0.450. The summed E-state index contributed by atoms with van der Waals surface area (Å²) in [7, 11) is 1.68. The Morgan fingerprint density at radius 1 is 1.12 bits per heavy atom. The molecule has 1 fully saturated rings. The average molecular weight is 327 g/mol. The van der Waals surface area contributed by atoms with Crippen molar-refractivity contribution in [3.05, 3.63) is 42.0 Å². The van der Waals surface area contributed by atoms with Crippen LogP contribution in [0.4, 0.5) is 0 Å². The van der Waals surface area contributed by atoms with Crippen molar-refractivity contribution in [3.63, 3.8) is 0 Å². The van der Waals surface area contributed by atoms with E-state index >= 15 is 0 Å². The van der Waals surface area contributed by atoms with Crippen molar-refractivity contribution < 1.29 is 14.6 Å². The molecule has 24 heavy (non-hydrogen) atoms. The van der Waals surface area contributed by atoms with E-state index < -0.39 is 0 Å². The van der Waals surface area contributed by atoms with E-state index in [-0.39, 0.29) is 17.9 Å². The van der Waals surface area contributed by atoms with E-state index in [9.17, 15) is 9.90 Å².